The summed E-state index contributed by atoms with van der Waals surface area (Å²) in [5.74, 6) is 3.04. The first-order valence-corrected chi connectivity index (χ1v) is 31.3. The molecule has 0 spiro atoms. The standard InChI is InChI=1S/C62H80N2S5/c1-9-17-21-41(13-5)27-45-31-46(28-42(14-6)22-18-10-2)34-49(33-45)53-37-57-59(65-53)39-55(67-57)51-25-26-52(62-61(51)63-69-64-62)56-40-60-58(68-56)38-54(66-60)50-35-47(29-43(15-7)23-19-11-3)32-48(36-50)30-44(16-8)24-20-12-4/h25-26,31-44H,9-24,27-30H2,1-8H3. The predicted octanol–water partition coefficient (Wildman–Crippen LogP) is 21.9. The lowest BCUT2D eigenvalue weighted by molar-refractivity contribution is 0.444. The summed E-state index contributed by atoms with van der Waals surface area (Å²) in [7, 11) is 0. The smallest absolute Gasteiger partial charge is 0.114 e. The Hall–Kier alpha value is -3.20. The minimum Gasteiger partial charge on any atom is -0.172 e. The summed E-state index contributed by atoms with van der Waals surface area (Å²) in [5.41, 5.74) is 13.4. The number of aromatic nitrogens is 2. The normalized spacial score (nSPS) is 13.9. The average Bonchev–Trinajstić information content (AvgIpc) is 4.22. The quantitative estimate of drug-likeness (QED) is 0.0489. The van der Waals surface area contributed by atoms with E-state index in [0.717, 1.165) is 34.7 Å². The third-order valence-electron chi connectivity index (χ3n) is 15.3. The first kappa shape index (κ1) is 52.1. The van der Waals surface area contributed by atoms with E-state index in [1.807, 2.05) is 45.3 Å². The van der Waals surface area contributed by atoms with E-state index in [9.17, 15) is 0 Å². The molecule has 2 nitrogen and oxygen atoms in total. The highest BCUT2D eigenvalue weighted by atomic mass is 32.1. The van der Waals surface area contributed by atoms with Gasteiger partial charge in [-0.1, -0.05) is 207 Å². The molecule has 7 heteroatoms. The zero-order chi connectivity index (χ0) is 48.3. The van der Waals surface area contributed by atoms with Crippen LogP contribution in [-0.2, 0) is 25.7 Å². The lowest BCUT2D eigenvalue weighted by Gasteiger charge is -2.19. The molecular formula is C62H80N2S5. The Morgan fingerprint density at radius 2 is 0.652 bits per heavy atom. The Bertz CT molecular complexity index is 2520. The van der Waals surface area contributed by atoms with Gasteiger partial charge in [0.25, 0.3) is 0 Å². The Balaban J connectivity index is 1.05. The van der Waals surface area contributed by atoms with Crippen LogP contribution in [0.15, 0.2) is 72.8 Å². The van der Waals surface area contributed by atoms with Crippen molar-refractivity contribution >= 4 is 86.9 Å². The van der Waals surface area contributed by atoms with Crippen molar-refractivity contribution in [2.45, 2.75) is 184 Å². The average molecular weight is 1010 g/mol. The molecule has 5 heterocycles. The van der Waals surface area contributed by atoms with Gasteiger partial charge in [0.05, 0.1) is 11.7 Å². The van der Waals surface area contributed by atoms with Crippen molar-refractivity contribution in [3.8, 4) is 41.8 Å². The molecule has 4 atom stereocenters. The summed E-state index contributed by atoms with van der Waals surface area (Å²) < 4.78 is 15.4. The molecule has 3 aromatic carbocycles. The Morgan fingerprint density at radius 1 is 0.362 bits per heavy atom. The van der Waals surface area contributed by atoms with E-state index in [4.69, 9.17) is 8.75 Å². The number of hydrogen-bond donors (Lipinski definition) is 0. The Kier molecular flexibility index (Phi) is 19.2. The highest BCUT2D eigenvalue weighted by Gasteiger charge is 2.21. The molecule has 0 saturated heterocycles. The first-order valence-electron chi connectivity index (χ1n) is 27.3. The second-order valence-electron chi connectivity index (χ2n) is 20.6. The van der Waals surface area contributed by atoms with Gasteiger partial charge in [-0.3, -0.25) is 0 Å². The number of nitrogens with zero attached hydrogens (tertiary/aromatic N) is 2. The van der Waals surface area contributed by atoms with Gasteiger partial charge < -0.3 is 0 Å². The molecule has 0 aliphatic heterocycles. The molecule has 4 unspecified atom stereocenters. The Morgan fingerprint density at radius 3 is 0.942 bits per heavy atom. The maximum absolute atomic E-state index is 4.96. The van der Waals surface area contributed by atoms with Gasteiger partial charge in [0.1, 0.15) is 11.0 Å². The van der Waals surface area contributed by atoms with Crippen LogP contribution in [0.5, 0.6) is 0 Å². The summed E-state index contributed by atoms with van der Waals surface area (Å²) in [4.78, 5) is 5.38. The van der Waals surface area contributed by atoms with Crippen LogP contribution in [0.3, 0.4) is 0 Å². The number of fused-ring (bicyclic) bond motifs is 3. The van der Waals surface area contributed by atoms with Crippen LogP contribution in [0, 0.1) is 23.7 Å². The molecule has 0 fully saturated rings. The second kappa shape index (κ2) is 25.5. The van der Waals surface area contributed by atoms with E-state index in [2.05, 4.69) is 128 Å². The minimum absolute atomic E-state index is 0.761. The van der Waals surface area contributed by atoms with E-state index >= 15 is 0 Å². The summed E-state index contributed by atoms with van der Waals surface area (Å²) in [5, 5.41) is 0. The molecule has 0 bridgehead atoms. The molecule has 0 saturated carbocycles. The van der Waals surface area contributed by atoms with E-state index in [1.165, 1.54) is 223 Å². The molecular weight excluding hydrogens is 933 g/mol. The Labute approximate surface area is 436 Å². The topological polar surface area (TPSA) is 25.8 Å². The fraction of sp³-hybridized carbons (Fsp3) is 0.516. The second-order valence-corrected chi connectivity index (χ2v) is 25.4. The molecule has 0 aliphatic carbocycles. The number of benzene rings is 3. The van der Waals surface area contributed by atoms with Gasteiger partial charge in [0.2, 0.25) is 0 Å². The van der Waals surface area contributed by atoms with Gasteiger partial charge in [0, 0.05) is 49.4 Å². The molecule has 5 aromatic heterocycles. The third-order valence-corrected chi connectivity index (χ3v) is 20.6. The van der Waals surface area contributed by atoms with Crippen LogP contribution in [0.1, 0.15) is 180 Å². The number of unbranched alkanes of at least 4 members (excludes halogenated alkanes) is 4. The van der Waals surface area contributed by atoms with E-state index in [1.54, 1.807) is 0 Å². The highest BCUT2D eigenvalue weighted by molar-refractivity contribution is 7.31. The zero-order valence-corrected chi connectivity index (χ0v) is 47.4. The van der Waals surface area contributed by atoms with Crippen LogP contribution in [0.4, 0.5) is 0 Å². The van der Waals surface area contributed by atoms with Crippen LogP contribution in [-0.4, -0.2) is 8.75 Å². The molecule has 8 rings (SSSR count). The van der Waals surface area contributed by atoms with Gasteiger partial charge in [-0.25, -0.2) is 0 Å². The van der Waals surface area contributed by atoms with Crippen LogP contribution in [0.25, 0.3) is 71.6 Å². The third kappa shape index (κ3) is 13.1. The van der Waals surface area contributed by atoms with Gasteiger partial charge >= 0.3 is 0 Å². The van der Waals surface area contributed by atoms with E-state index < -0.39 is 0 Å². The minimum atomic E-state index is 0.761. The van der Waals surface area contributed by atoms with Crippen molar-refractivity contribution in [3.63, 3.8) is 0 Å². The van der Waals surface area contributed by atoms with Gasteiger partial charge in [-0.15, -0.1) is 45.3 Å². The molecule has 69 heavy (non-hydrogen) atoms. The SMILES string of the molecule is CCCCC(CC)Cc1cc(CC(CC)CCCC)cc(-c2cc3sc(-c4ccc(-c5cc6sc(-c7cc(CC(CC)CCCC)cc(CC(CC)CCCC)c7)cc6s5)c5nsnc45)cc3s2)c1. The van der Waals surface area contributed by atoms with Crippen LogP contribution in [0.2, 0.25) is 0 Å². The molecule has 8 aromatic rings. The molecule has 0 radical (unpaired) electrons. The van der Waals surface area contributed by atoms with Gasteiger partial charge in [0.15, 0.2) is 0 Å². The van der Waals surface area contributed by atoms with Crippen molar-refractivity contribution in [1.29, 1.82) is 0 Å². The van der Waals surface area contributed by atoms with Crippen LogP contribution < -0.4 is 0 Å². The molecule has 0 N–H and O–H groups in total. The monoisotopic (exact) mass is 1010 g/mol. The maximum Gasteiger partial charge on any atom is 0.114 e. The molecule has 368 valence electrons. The van der Waals surface area contributed by atoms with Crippen molar-refractivity contribution in [2.75, 3.05) is 0 Å². The highest BCUT2D eigenvalue weighted by Crippen LogP contribution is 2.47. The molecule has 0 amide bonds. The van der Waals surface area contributed by atoms with Crippen molar-refractivity contribution in [2.24, 2.45) is 23.7 Å². The molecule has 0 aliphatic rings. The van der Waals surface area contributed by atoms with E-state index in [0.29, 0.717) is 0 Å². The van der Waals surface area contributed by atoms with Gasteiger partial charge in [-0.2, -0.15) is 8.75 Å². The largest absolute Gasteiger partial charge is 0.172 e. The predicted molar refractivity (Wildman–Crippen MR) is 314 cm³/mol. The summed E-state index contributed by atoms with van der Waals surface area (Å²) >= 11 is 9.10. The fourth-order valence-electron chi connectivity index (χ4n) is 10.9. The fourth-order valence-corrected chi connectivity index (χ4v) is 16.3. The lowest BCUT2D eigenvalue weighted by Crippen LogP contribution is -2.07. The first-order chi connectivity index (χ1) is 33.8. The number of rotatable bonds is 28. The number of hydrogen-bond acceptors (Lipinski definition) is 7. The lowest BCUT2D eigenvalue weighted by atomic mass is 9.87. The summed E-state index contributed by atoms with van der Waals surface area (Å²) in [6.45, 7) is 18.9. The summed E-state index contributed by atoms with van der Waals surface area (Å²) in [6.07, 6.45) is 25.6. The van der Waals surface area contributed by atoms with Crippen molar-refractivity contribution in [1.82, 2.24) is 8.75 Å². The van der Waals surface area contributed by atoms with Gasteiger partial charge in [-0.05, 0) is 107 Å². The summed E-state index contributed by atoms with van der Waals surface area (Å²) in [6, 6.07) is 29.7. The van der Waals surface area contributed by atoms with Crippen molar-refractivity contribution in [3.05, 3.63) is 95.1 Å². The van der Waals surface area contributed by atoms with Crippen LogP contribution >= 0.6 is 57.1 Å². The van der Waals surface area contributed by atoms with E-state index in [-0.39, 0.29) is 0 Å². The maximum atomic E-state index is 4.96. The zero-order valence-electron chi connectivity index (χ0n) is 43.3. The number of thiophene rings is 4. The van der Waals surface area contributed by atoms with Crippen molar-refractivity contribution < 1.29 is 0 Å².